The molecule has 106 valence electrons. The quantitative estimate of drug-likeness (QED) is 0.660. The van der Waals surface area contributed by atoms with Crippen LogP contribution in [0, 0.1) is 0 Å². The SMILES string of the molecule is CCOC(CCN1CCNC(=O)C1CC)OCC. The summed E-state index contributed by atoms with van der Waals surface area (Å²) in [6.45, 7) is 9.79. The van der Waals surface area contributed by atoms with Gasteiger partial charge in [-0.1, -0.05) is 6.92 Å². The van der Waals surface area contributed by atoms with Crippen LogP contribution in [0.15, 0.2) is 0 Å². The van der Waals surface area contributed by atoms with E-state index in [0.29, 0.717) is 13.2 Å². The van der Waals surface area contributed by atoms with E-state index in [4.69, 9.17) is 9.47 Å². The highest BCUT2D eigenvalue weighted by molar-refractivity contribution is 5.82. The molecule has 0 aromatic heterocycles. The van der Waals surface area contributed by atoms with Crippen molar-refractivity contribution < 1.29 is 14.3 Å². The Labute approximate surface area is 110 Å². The van der Waals surface area contributed by atoms with Crippen molar-refractivity contribution in [2.24, 2.45) is 0 Å². The van der Waals surface area contributed by atoms with Crippen LogP contribution in [0.3, 0.4) is 0 Å². The van der Waals surface area contributed by atoms with Gasteiger partial charge in [0.2, 0.25) is 5.91 Å². The molecule has 1 rings (SSSR count). The Balaban J connectivity index is 2.41. The molecule has 18 heavy (non-hydrogen) atoms. The third-order valence-corrected chi connectivity index (χ3v) is 3.19. The first-order valence-electron chi connectivity index (χ1n) is 6.97. The third-order valence-electron chi connectivity index (χ3n) is 3.19. The molecule has 0 bridgehead atoms. The molecule has 1 aliphatic heterocycles. The normalized spacial score (nSPS) is 21.3. The molecule has 1 atom stereocenters. The lowest BCUT2D eigenvalue weighted by Gasteiger charge is -2.35. The summed E-state index contributed by atoms with van der Waals surface area (Å²) in [5.41, 5.74) is 0. The van der Waals surface area contributed by atoms with E-state index in [1.165, 1.54) is 0 Å². The van der Waals surface area contributed by atoms with Crippen molar-refractivity contribution in [3.05, 3.63) is 0 Å². The Kier molecular flexibility index (Phi) is 7.23. The predicted molar refractivity (Wildman–Crippen MR) is 70.3 cm³/mol. The number of piperazine rings is 1. The van der Waals surface area contributed by atoms with Crippen molar-refractivity contribution in [2.45, 2.75) is 45.9 Å². The first kappa shape index (κ1) is 15.4. The maximum atomic E-state index is 11.7. The topological polar surface area (TPSA) is 50.8 Å². The maximum Gasteiger partial charge on any atom is 0.237 e. The molecule has 1 saturated heterocycles. The van der Waals surface area contributed by atoms with Gasteiger partial charge in [0.15, 0.2) is 6.29 Å². The fraction of sp³-hybridized carbons (Fsp3) is 0.923. The van der Waals surface area contributed by atoms with Gasteiger partial charge >= 0.3 is 0 Å². The van der Waals surface area contributed by atoms with Gasteiger partial charge in [-0.25, -0.2) is 0 Å². The molecule has 5 nitrogen and oxygen atoms in total. The number of carbonyl (C=O) groups excluding carboxylic acids is 1. The monoisotopic (exact) mass is 258 g/mol. The van der Waals surface area contributed by atoms with Gasteiger partial charge in [0, 0.05) is 39.3 Å². The summed E-state index contributed by atoms with van der Waals surface area (Å²) in [6.07, 6.45) is 1.51. The molecule has 0 saturated carbocycles. The third kappa shape index (κ3) is 4.55. The standard InChI is InChI=1S/C13H26N2O3/c1-4-11-13(16)14-8-10-15(11)9-7-12(17-5-2)18-6-3/h11-12H,4-10H2,1-3H3,(H,14,16). The maximum absolute atomic E-state index is 11.7. The first-order valence-corrected chi connectivity index (χ1v) is 6.97. The van der Waals surface area contributed by atoms with Crippen LogP contribution >= 0.6 is 0 Å². The number of amides is 1. The molecule has 0 spiro atoms. The second-order valence-corrected chi connectivity index (χ2v) is 4.38. The molecule has 1 fully saturated rings. The molecule has 0 radical (unpaired) electrons. The number of hydrogen-bond acceptors (Lipinski definition) is 4. The molecular weight excluding hydrogens is 232 g/mol. The highest BCUT2D eigenvalue weighted by atomic mass is 16.7. The molecule has 5 heteroatoms. The van der Waals surface area contributed by atoms with Gasteiger partial charge in [0.1, 0.15) is 0 Å². The average Bonchev–Trinajstić information content (AvgIpc) is 2.36. The van der Waals surface area contributed by atoms with E-state index in [0.717, 1.165) is 32.5 Å². The zero-order valence-electron chi connectivity index (χ0n) is 11.8. The molecule has 0 aromatic carbocycles. The van der Waals surface area contributed by atoms with Crippen LogP contribution in [-0.2, 0) is 14.3 Å². The largest absolute Gasteiger partial charge is 0.353 e. The lowest BCUT2D eigenvalue weighted by molar-refractivity contribution is -0.145. The molecule has 0 aliphatic carbocycles. The van der Waals surface area contributed by atoms with E-state index in [2.05, 4.69) is 10.2 Å². The van der Waals surface area contributed by atoms with Crippen molar-refractivity contribution >= 4 is 5.91 Å². The summed E-state index contributed by atoms with van der Waals surface area (Å²) in [4.78, 5) is 13.9. The highest BCUT2D eigenvalue weighted by Crippen LogP contribution is 2.11. The minimum Gasteiger partial charge on any atom is -0.353 e. The Morgan fingerprint density at radius 2 is 2.00 bits per heavy atom. The van der Waals surface area contributed by atoms with Gasteiger partial charge in [-0.05, 0) is 20.3 Å². The minimum atomic E-state index is -0.150. The van der Waals surface area contributed by atoms with Crippen LogP contribution in [0.2, 0.25) is 0 Å². The van der Waals surface area contributed by atoms with Gasteiger partial charge in [-0.3, -0.25) is 9.69 Å². The number of rotatable bonds is 8. The first-order chi connectivity index (χ1) is 8.72. The van der Waals surface area contributed by atoms with Crippen LogP contribution in [0.4, 0.5) is 0 Å². The molecule has 0 aromatic rings. The smallest absolute Gasteiger partial charge is 0.237 e. The zero-order chi connectivity index (χ0) is 13.4. The predicted octanol–water partition coefficient (Wildman–Crippen LogP) is 0.986. The molecule has 1 heterocycles. The van der Waals surface area contributed by atoms with E-state index >= 15 is 0 Å². The van der Waals surface area contributed by atoms with Crippen LogP contribution in [0.5, 0.6) is 0 Å². The Morgan fingerprint density at radius 1 is 1.33 bits per heavy atom. The van der Waals surface area contributed by atoms with E-state index in [1.54, 1.807) is 0 Å². The van der Waals surface area contributed by atoms with Crippen molar-refractivity contribution in [3.8, 4) is 0 Å². The second kappa shape index (κ2) is 8.45. The molecule has 1 N–H and O–H groups in total. The molecule has 1 aliphatic rings. The summed E-state index contributed by atoms with van der Waals surface area (Å²) < 4.78 is 11.0. The highest BCUT2D eigenvalue weighted by Gasteiger charge is 2.28. The molecule has 1 unspecified atom stereocenters. The second-order valence-electron chi connectivity index (χ2n) is 4.38. The summed E-state index contributed by atoms with van der Waals surface area (Å²) in [5.74, 6) is 0.146. The summed E-state index contributed by atoms with van der Waals surface area (Å²) in [6, 6.07) is 0.00246. The van der Waals surface area contributed by atoms with Crippen LogP contribution in [0.1, 0.15) is 33.6 Å². The fourth-order valence-corrected chi connectivity index (χ4v) is 2.33. The number of carbonyl (C=O) groups is 1. The van der Waals surface area contributed by atoms with Crippen molar-refractivity contribution in [2.75, 3.05) is 32.8 Å². The molecular formula is C13H26N2O3. The number of hydrogen-bond donors (Lipinski definition) is 1. The summed E-state index contributed by atoms with van der Waals surface area (Å²) >= 11 is 0. The number of nitrogens with zero attached hydrogens (tertiary/aromatic N) is 1. The average molecular weight is 258 g/mol. The van der Waals surface area contributed by atoms with E-state index in [9.17, 15) is 4.79 Å². The minimum absolute atomic E-state index is 0.00246. The number of nitrogens with one attached hydrogen (secondary N) is 1. The Bertz CT molecular complexity index is 242. The van der Waals surface area contributed by atoms with Crippen molar-refractivity contribution in [1.29, 1.82) is 0 Å². The van der Waals surface area contributed by atoms with Crippen LogP contribution in [-0.4, -0.2) is 56.0 Å². The lowest BCUT2D eigenvalue weighted by atomic mass is 10.1. The Hall–Kier alpha value is -0.650. The van der Waals surface area contributed by atoms with Gasteiger partial charge in [-0.15, -0.1) is 0 Å². The summed E-state index contributed by atoms with van der Waals surface area (Å²) in [7, 11) is 0. The van der Waals surface area contributed by atoms with Crippen molar-refractivity contribution in [1.82, 2.24) is 10.2 Å². The van der Waals surface area contributed by atoms with Crippen LogP contribution in [0.25, 0.3) is 0 Å². The van der Waals surface area contributed by atoms with Gasteiger partial charge < -0.3 is 14.8 Å². The zero-order valence-corrected chi connectivity index (χ0v) is 11.8. The lowest BCUT2D eigenvalue weighted by Crippen LogP contribution is -2.55. The van der Waals surface area contributed by atoms with Gasteiger partial charge in [0.25, 0.3) is 0 Å². The van der Waals surface area contributed by atoms with E-state index in [1.807, 2.05) is 20.8 Å². The fourth-order valence-electron chi connectivity index (χ4n) is 2.33. The summed E-state index contributed by atoms with van der Waals surface area (Å²) in [5, 5.41) is 2.91. The van der Waals surface area contributed by atoms with Crippen LogP contribution < -0.4 is 5.32 Å². The number of ether oxygens (including phenoxy) is 2. The van der Waals surface area contributed by atoms with Crippen molar-refractivity contribution in [3.63, 3.8) is 0 Å². The molecule has 1 amide bonds. The van der Waals surface area contributed by atoms with Gasteiger partial charge in [-0.2, -0.15) is 0 Å². The van der Waals surface area contributed by atoms with E-state index < -0.39 is 0 Å². The Morgan fingerprint density at radius 3 is 2.56 bits per heavy atom. The van der Waals surface area contributed by atoms with E-state index in [-0.39, 0.29) is 18.2 Å². The van der Waals surface area contributed by atoms with Gasteiger partial charge in [0.05, 0.1) is 6.04 Å².